The van der Waals surface area contributed by atoms with Gasteiger partial charge >= 0.3 is 0 Å². The Labute approximate surface area is 152 Å². The number of fused-ring (bicyclic) bond motifs is 1. The maximum absolute atomic E-state index is 12.1. The first-order chi connectivity index (χ1) is 12.7. The minimum atomic E-state index is -0.288. The average Bonchev–Trinajstić information content (AvgIpc) is 2.70. The van der Waals surface area contributed by atoms with Gasteiger partial charge in [0.25, 0.3) is 5.91 Å². The molecule has 6 heteroatoms. The number of hydrogen-bond acceptors (Lipinski definition) is 4. The number of benzene rings is 2. The first-order valence-electron chi connectivity index (χ1n) is 8.67. The van der Waals surface area contributed by atoms with Crippen LogP contribution in [0.3, 0.4) is 0 Å². The molecule has 2 amide bonds. The molecule has 1 aliphatic heterocycles. The molecule has 26 heavy (non-hydrogen) atoms. The zero-order valence-corrected chi connectivity index (χ0v) is 14.7. The highest BCUT2D eigenvalue weighted by Gasteiger charge is 2.19. The first kappa shape index (κ1) is 17.9. The summed E-state index contributed by atoms with van der Waals surface area (Å²) in [6, 6.07) is 15.1. The Kier molecular flexibility index (Phi) is 5.86. The third-order valence-electron chi connectivity index (χ3n) is 4.48. The van der Waals surface area contributed by atoms with Gasteiger partial charge in [-0.2, -0.15) is 0 Å². The summed E-state index contributed by atoms with van der Waals surface area (Å²) in [5.74, 6) is 0.181. The minimum Gasteiger partial charge on any atom is -0.497 e. The fourth-order valence-corrected chi connectivity index (χ4v) is 3.06. The molecule has 1 heterocycles. The van der Waals surface area contributed by atoms with Crippen LogP contribution in [0.1, 0.15) is 27.5 Å². The molecular weight excluding hydrogens is 330 g/mol. The van der Waals surface area contributed by atoms with Crippen molar-refractivity contribution in [3.63, 3.8) is 0 Å². The van der Waals surface area contributed by atoms with E-state index in [1.54, 1.807) is 31.4 Å². The van der Waals surface area contributed by atoms with Crippen LogP contribution in [0.15, 0.2) is 48.5 Å². The molecule has 1 atom stereocenters. The predicted molar refractivity (Wildman–Crippen MR) is 99.2 cm³/mol. The van der Waals surface area contributed by atoms with E-state index in [1.165, 1.54) is 11.1 Å². The number of hydrogen-bond donors (Lipinski definition) is 3. The summed E-state index contributed by atoms with van der Waals surface area (Å²) in [7, 11) is 1.57. The normalized spacial score (nSPS) is 15.7. The molecule has 0 spiro atoms. The molecule has 0 radical (unpaired) electrons. The van der Waals surface area contributed by atoms with Gasteiger partial charge in [-0.1, -0.05) is 24.3 Å². The van der Waals surface area contributed by atoms with Gasteiger partial charge in [0.15, 0.2) is 0 Å². The van der Waals surface area contributed by atoms with Crippen LogP contribution in [0.4, 0.5) is 0 Å². The van der Waals surface area contributed by atoms with Crippen molar-refractivity contribution < 1.29 is 14.3 Å². The quantitative estimate of drug-likeness (QED) is 0.734. The van der Waals surface area contributed by atoms with Crippen LogP contribution in [-0.2, 0) is 11.2 Å². The summed E-state index contributed by atoms with van der Waals surface area (Å²) >= 11 is 0. The van der Waals surface area contributed by atoms with Crippen LogP contribution < -0.4 is 20.7 Å². The van der Waals surface area contributed by atoms with E-state index >= 15 is 0 Å². The Morgan fingerprint density at radius 1 is 1.12 bits per heavy atom. The van der Waals surface area contributed by atoms with Crippen LogP contribution >= 0.6 is 0 Å². The molecule has 3 rings (SSSR count). The van der Waals surface area contributed by atoms with Gasteiger partial charge in [-0.15, -0.1) is 0 Å². The minimum absolute atomic E-state index is 0.0563. The Bertz CT molecular complexity index is 774. The number of carbonyl (C=O) groups is 2. The fourth-order valence-electron chi connectivity index (χ4n) is 3.06. The Hall–Kier alpha value is -2.86. The van der Waals surface area contributed by atoms with Crippen molar-refractivity contribution in [2.24, 2.45) is 0 Å². The summed E-state index contributed by atoms with van der Waals surface area (Å²) in [5, 5.41) is 8.93. The zero-order chi connectivity index (χ0) is 18.4. The SMILES string of the molecule is COc1ccc(C(=O)NCC(=O)NCC2NCCc3ccccc32)cc1. The van der Waals surface area contributed by atoms with Crippen molar-refractivity contribution in [2.45, 2.75) is 12.5 Å². The van der Waals surface area contributed by atoms with Crippen molar-refractivity contribution in [1.82, 2.24) is 16.0 Å². The van der Waals surface area contributed by atoms with E-state index in [9.17, 15) is 9.59 Å². The number of nitrogens with one attached hydrogen (secondary N) is 3. The molecular formula is C20H23N3O3. The maximum Gasteiger partial charge on any atom is 0.251 e. The fraction of sp³-hybridized carbons (Fsp3) is 0.300. The van der Waals surface area contributed by atoms with Crippen LogP contribution in [-0.4, -0.2) is 38.6 Å². The van der Waals surface area contributed by atoms with E-state index in [0.717, 1.165) is 13.0 Å². The largest absolute Gasteiger partial charge is 0.497 e. The Morgan fingerprint density at radius 3 is 2.65 bits per heavy atom. The van der Waals surface area contributed by atoms with Crippen molar-refractivity contribution in [3.8, 4) is 5.75 Å². The monoisotopic (exact) mass is 353 g/mol. The lowest BCUT2D eigenvalue weighted by atomic mass is 9.94. The standard InChI is InChI=1S/C20H23N3O3/c1-26-16-8-6-15(7-9-16)20(25)23-13-19(24)22-12-18-17-5-3-2-4-14(17)10-11-21-18/h2-9,18,21H,10-13H2,1H3,(H,22,24)(H,23,25). The second-order valence-corrected chi connectivity index (χ2v) is 6.17. The van der Waals surface area contributed by atoms with Gasteiger partial charge < -0.3 is 20.7 Å². The molecule has 1 unspecified atom stereocenters. The number of methoxy groups -OCH3 is 1. The second kappa shape index (κ2) is 8.49. The third-order valence-corrected chi connectivity index (χ3v) is 4.48. The molecule has 0 aromatic heterocycles. The van der Waals surface area contributed by atoms with Crippen LogP contribution in [0.25, 0.3) is 0 Å². The van der Waals surface area contributed by atoms with E-state index in [1.807, 2.05) is 12.1 Å². The molecule has 136 valence electrons. The van der Waals surface area contributed by atoms with Gasteiger partial charge in [0.05, 0.1) is 13.7 Å². The van der Waals surface area contributed by atoms with Gasteiger partial charge in [0.1, 0.15) is 5.75 Å². The lowest BCUT2D eigenvalue weighted by molar-refractivity contribution is -0.120. The highest BCUT2D eigenvalue weighted by molar-refractivity contribution is 5.96. The van der Waals surface area contributed by atoms with Crippen molar-refractivity contribution in [3.05, 3.63) is 65.2 Å². The number of rotatable bonds is 6. The number of carbonyl (C=O) groups excluding carboxylic acids is 2. The van der Waals surface area contributed by atoms with Gasteiger partial charge in [-0.05, 0) is 48.4 Å². The Balaban J connectivity index is 1.46. The van der Waals surface area contributed by atoms with E-state index in [0.29, 0.717) is 17.9 Å². The molecule has 0 saturated heterocycles. The molecule has 1 aliphatic rings. The predicted octanol–water partition coefficient (Wildman–Crippen LogP) is 1.43. The van der Waals surface area contributed by atoms with Crippen LogP contribution in [0.2, 0.25) is 0 Å². The summed E-state index contributed by atoms with van der Waals surface area (Å²) in [6.45, 7) is 1.33. The first-order valence-corrected chi connectivity index (χ1v) is 8.67. The molecule has 3 N–H and O–H groups in total. The van der Waals surface area contributed by atoms with Crippen molar-refractivity contribution in [2.75, 3.05) is 26.7 Å². The van der Waals surface area contributed by atoms with Gasteiger partial charge in [0, 0.05) is 18.2 Å². The molecule has 2 aromatic rings. The molecule has 0 bridgehead atoms. The molecule has 0 saturated carbocycles. The smallest absolute Gasteiger partial charge is 0.251 e. The molecule has 0 aliphatic carbocycles. The summed E-state index contributed by atoms with van der Waals surface area (Å²) in [5.41, 5.74) is 3.03. The van der Waals surface area contributed by atoms with E-state index in [-0.39, 0.29) is 24.4 Å². The summed E-state index contributed by atoms with van der Waals surface area (Å²) in [4.78, 5) is 24.1. The van der Waals surface area contributed by atoms with Gasteiger partial charge in [0.2, 0.25) is 5.91 Å². The molecule has 6 nitrogen and oxygen atoms in total. The topological polar surface area (TPSA) is 79.5 Å². The highest BCUT2D eigenvalue weighted by Crippen LogP contribution is 2.21. The lowest BCUT2D eigenvalue weighted by Gasteiger charge is -2.27. The zero-order valence-electron chi connectivity index (χ0n) is 14.7. The summed E-state index contributed by atoms with van der Waals surface area (Å²) in [6.07, 6.45) is 0.999. The third kappa shape index (κ3) is 4.40. The van der Waals surface area contributed by atoms with Crippen LogP contribution in [0.5, 0.6) is 5.75 Å². The second-order valence-electron chi connectivity index (χ2n) is 6.17. The average molecular weight is 353 g/mol. The van der Waals surface area contributed by atoms with Crippen molar-refractivity contribution >= 4 is 11.8 Å². The number of ether oxygens (including phenoxy) is 1. The van der Waals surface area contributed by atoms with Gasteiger partial charge in [-0.3, -0.25) is 9.59 Å². The Morgan fingerprint density at radius 2 is 1.88 bits per heavy atom. The number of amides is 2. The maximum atomic E-state index is 12.1. The van der Waals surface area contributed by atoms with E-state index < -0.39 is 0 Å². The van der Waals surface area contributed by atoms with Crippen molar-refractivity contribution in [1.29, 1.82) is 0 Å². The molecule has 2 aromatic carbocycles. The lowest BCUT2D eigenvalue weighted by Crippen LogP contribution is -2.42. The van der Waals surface area contributed by atoms with E-state index in [4.69, 9.17) is 4.74 Å². The summed E-state index contributed by atoms with van der Waals surface area (Å²) < 4.78 is 5.06. The van der Waals surface area contributed by atoms with Gasteiger partial charge in [-0.25, -0.2) is 0 Å². The molecule has 0 fully saturated rings. The highest BCUT2D eigenvalue weighted by atomic mass is 16.5. The van der Waals surface area contributed by atoms with E-state index in [2.05, 4.69) is 28.1 Å². The van der Waals surface area contributed by atoms with Crippen LogP contribution in [0, 0.1) is 0 Å².